The first-order valence-corrected chi connectivity index (χ1v) is 8.47. The minimum Gasteiger partial charge on any atom is -0.394 e. The molecule has 3 atom stereocenters. The summed E-state index contributed by atoms with van der Waals surface area (Å²) in [6.45, 7) is 2.55. The van der Waals surface area contributed by atoms with E-state index in [1.54, 1.807) is 0 Å². The van der Waals surface area contributed by atoms with E-state index in [-0.39, 0.29) is 23.5 Å². The van der Waals surface area contributed by atoms with Gasteiger partial charge in [0.1, 0.15) is 12.3 Å². The van der Waals surface area contributed by atoms with E-state index in [1.165, 1.54) is 10.8 Å². The molecule has 9 heteroatoms. The lowest BCUT2D eigenvalue weighted by Crippen LogP contribution is -2.28. The van der Waals surface area contributed by atoms with Crippen LogP contribution < -0.4 is 10.6 Å². The second-order valence-electron chi connectivity index (χ2n) is 5.46. The van der Waals surface area contributed by atoms with Crippen molar-refractivity contribution in [1.29, 1.82) is 0 Å². The van der Waals surface area contributed by atoms with Crippen LogP contribution in [0.1, 0.15) is 32.4 Å². The number of aromatic nitrogens is 3. The smallest absolute Gasteiger partial charge is 0.311 e. The predicted octanol–water partition coefficient (Wildman–Crippen LogP) is 0.900. The van der Waals surface area contributed by atoms with Crippen LogP contribution in [0.25, 0.3) is 10.3 Å². The molecule has 0 spiro atoms. The summed E-state index contributed by atoms with van der Waals surface area (Å²) in [5, 5.41) is 9.50. The number of aliphatic hydroxyl groups excluding tert-OH is 1. The number of ether oxygens (including phenoxy) is 2. The average molecular weight is 340 g/mol. The van der Waals surface area contributed by atoms with Gasteiger partial charge in [-0.3, -0.25) is 9.36 Å². The summed E-state index contributed by atoms with van der Waals surface area (Å²) in [4.78, 5) is 20.2. The summed E-state index contributed by atoms with van der Waals surface area (Å²) in [7, 11) is 0. The first kappa shape index (κ1) is 16.3. The highest BCUT2D eigenvalue weighted by molar-refractivity contribution is 7.16. The zero-order chi connectivity index (χ0) is 16.4. The van der Waals surface area contributed by atoms with Crippen LogP contribution in [0.3, 0.4) is 0 Å². The number of nitrogens with two attached hydrogens (primary N) is 1. The van der Waals surface area contributed by atoms with Crippen molar-refractivity contribution >= 4 is 27.6 Å². The molecule has 0 aliphatic carbocycles. The third-order valence-electron chi connectivity index (χ3n) is 3.86. The van der Waals surface area contributed by atoms with Crippen LogP contribution in [0.5, 0.6) is 0 Å². The Bertz CT molecular complexity index is 731. The average Bonchev–Trinajstić information content (AvgIpc) is 3.07. The highest BCUT2D eigenvalue weighted by Crippen LogP contribution is 2.32. The highest BCUT2D eigenvalue weighted by atomic mass is 32.1. The van der Waals surface area contributed by atoms with Crippen molar-refractivity contribution in [3.8, 4) is 0 Å². The van der Waals surface area contributed by atoms with Crippen molar-refractivity contribution in [3.05, 3.63) is 15.9 Å². The molecule has 1 fully saturated rings. The van der Waals surface area contributed by atoms with Crippen LogP contribution in [-0.2, 0) is 9.47 Å². The van der Waals surface area contributed by atoms with E-state index < -0.39 is 12.3 Å². The summed E-state index contributed by atoms with van der Waals surface area (Å²) in [5.41, 5.74) is 6.09. The predicted molar refractivity (Wildman–Crippen MR) is 86.3 cm³/mol. The van der Waals surface area contributed by atoms with Gasteiger partial charge in [-0.25, -0.2) is 4.98 Å². The quantitative estimate of drug-likeness (QED) is 0.751. The Balaban J connectivity index is 1.86. The summed E-state index contributed by atoms with van der Waals surface area (Å²) < 4.78 is 13.7. The zero-order valence-electron chi connectivity index (χ0n) is 12.8. The van der Waals surface area contributed by atoms with Gasteiger partial charge in [0.2, 0.25) is 5.95 Å². The van der Waals surface area contributed by atoms with E-state index in [0.717, 1.165) is 24.2 Å². The molecular weight excluding hydrogens is 320 g/mol. The maximum Gasteiger partial charge on any atom is 0.311 e. The Kier molecular flexibility index (Phi) is 4.90. The van der Waals surface area contributed by atoms with Gasteiger partial charge in [0.25, 0.3) is 0 Å². The van der Waals surface area contributed by atoms with Gasteiger partial charge >= 0.3 is 4.87 Å². The van der Waals surface area contributed by atoms with Crippen LogP contribution in [0.15, 0.2) is 11.0 Å². The minimum atomic E-state index is -0.519. The number of fused-ring (bicyclic) bond motifs is 1. The van der Waals surface area contributed by atoms with Gasteiger partial charge in [-0.1, -0.05) is 24.7 Å². The van der Waals surface area contributed by atoms with Gasteiger partial charge in [-0.15, -0.1) is 0 Å². The second-order valence-corrected chi connectivity index (χ2v) is 6.46. The topological polar surface area (TPSA) is 112 Å². The molecule has 2 aromatic rings. The largest absolute Gasteiger partial charge is 0.394 e. The van der Waals surface area contributed by atoms with E-state index in [2.05, 4.69) is 16.9 Å². The molecule has 3 N–H and O–H groups in total. The molecule has 3 heterocycles. The molecule has 0 radical (unpaired) electrons. The maximum atomic E-state index is 12.3. The van der Waals surface area contributed by atoms with E-state index in [9.17, 15) is 9.90 Å². The van der Waals surface area contributed by atoms with Crippen molar-refractivity contribution in [2.45, 2.75) is 44.6 Å². The number of nitrogen functional groups attached to an aromatic ring is 1. The molecule has 0 aromatic carbocycles. The molecule has 1 aliphatic rings. The third kappa shape index (κ3) is 3.23. The molecule has 2 aromatic heterocycles. The van der Waals surface area contributed by atoms with Crippen molar-refractivity contribution in [1.82, 2.24) is 14.5 Å². The number of thiazole rings is 1. The molecule has 0 amide bonds. The molecule has 1 unspecified atom stereocenters. The first-order chi connectivity index (χ1) is 11.1. The molecule has 8 nitrogen and oxygen atoms in total. The Morgan fingerprint density at radius 3 is 3.17 bits per heavy atom. The lowest BCUT2D eigenvalue weighted by molar-refractivity contribution is -0.0610. The molecule has 23 heavy (non-hydrogen) atoms. The summed E-state index contributed by atoms with van der Waals surface area (Å²) in [6.07, 6.45) is 2.80. The lowest BCUT2D eigenvalue weighted by atomic mass is 10.2. The van der Waals surface area contributed by atoms with Gasteiger partial charge in [-0.2, -0.15) is 4.98 Å². The molecule has 3 rings (SSSR count). The van der Waals surface area contributed by atoms with Crippen LogP contribution in [0, 0.1) is 0 Å². The van der Waals surface area contributed by atoms with Crippen LogP contribution in [-0.4, -0.2) is 45.1 Å². The maximum absolute atomic E-state index is 12.3. The fourth-order valence-corrected chi connectivity index (χ4v) is 3.51. The Hall–Kier alpha value is -1.55. The summed E-state index contributed by atoms with van der Waals surface area (Å²) in [5.74, 6) is 0.108. The van der Waals surface area contributed by atoms with Crippen LogP contribution in [0.2, 0.25) is 0 Å². The number of anilines is 1. The summed E-state index contributed by atoms with van der Waals surface area (Å²) >= 11 is 1.05. The fourth-order valence-electron chi connectivity index (χ4n) is 2.68. The number of unbranched alkanes of at least 4 members (excludes halogenated alkanes) is 1. The molecule has 1 saturated heterocycles. The van der Waals surface area contributed by atoms with Crippen molar-refractivity contribution < 1.29 is 14.6 Å². The number of hydrogen-bond donors (Lipinski definition) is 2. The third-order valence-corrected chi connectivity index (χ3v) is 4.73. The number of aliphatic hydroxyl groups is 1. The summed E-state index contributed by atoms with van der Waals surface area (Å²) in [6, 6.07) is 0. The van der Waals surface area contributed by atoms with Gasteiger partial charge < -0.3 is 20.3 Å². The van der Waals surface area contributed by atoms with Crippen molar-refractivity contribution in [3.63, 3.8) is 0 Å². The van der Waals surface area contributed by atoms with E-state index in [1.807, 2.05) is 0 Å². The number of nitrogens with zero attached hydrogens (tertiary/aromatic N) is 3. The van der Waals surface area contributed by atoms with Gasteiger partial charge in [0.15, 0.2) is 5.65 Å². The standard InChI is InChI=1S/C14H20N4O4S/c1-2-3-4-21-8-5-11(22-9(8)7-19)18-12-10(23-14(18)20)6-16-13(15)17-12/h6,8-9,11,19H,2-5,7H2,1H3,(H2,15,16,17)/t8-,9-,11?/m1/s1. The monoisotopic (exact) mass is 340 g/mol. The SMILES string of the molecule is CCCCO[C@@H]1CC(n2c(=O)sc3cnc(N)nc32)O[C@@H]1CO. The van der Waals surface area contributed by atoms with Gasteiger partial charge in [0, 0.05) is 13.0 Å². The Morgan fingerprint density at radius 1 is 1.61 bits per heavy atom. The van der Waals surface area contributed by atoms with E-state index in [0.29, 0.717) is 23.4 Å². The zero-order valence-corrected chi connectivity index (χ0v) is 13.7. The van der Waals surface area contributed by atoms with Crippen molar-refractivity contribution in [2.24, 2.45) is 0 Å². The highest BCUT2D eigenvalue weighted by Gasteiger charge is 2.38. The Labute approximate surface area is 136 Å². The second kappa shape index (κ2) is 6.91. The molecule has 0 bridgehead atoms. The normalized spacial score (nSPS) is 24.5. The van der Waals surface area contributed by atoms with Crippen molar-refractivity contribution in [2.75, 3.05) is 18.9 Å². The fraction of sp³-hybridized carbons (Fsp3) is 0.643. The Morgan fingerprint density at radius 2 is 2.43 bits per heavy atom. The van der Waals surface area contributed by atoms with Gasteiger partial charge in [0.05, 0.1) is 23.6 Å². The minimum absolute atomic E-state index is 0.108. The van der Waals surface area contributed by atoms with Crippen LogP contribution >= 0.6 is 11.3 Å². The van der Waals surface area contributed by atoms with Gasteiger partial charge in [-0.05, 0) is 6.42 Å². The lowest BCUT2D eigenvalue weighted by Gasteiger charge is -2.16. The number of hydrogen-bond acceptors (Lipinski definition) is 8. The van der Waals surface area contributed by atoms with Crippen LogP contribution in [0.4, 0.5) is 5.95 Å². The van der Waals surface area contributed by atoms with E-state index >= 15 is 0 Å². The molecule has 0 saturated carbocycles. The number of rotatable bonds is 6. The molecule has 126 valence electrons. The first-order valence-electron chi connectivity index (χ1n) is 7.65. The molecular formula is C14H20N4O4S. The van der Waals surface area contributed by atoms with E-state index in [4.69, 9.17) is 15.2 Å². The molecule has 1 aliphatic heterocycles.